The fourth-order valence-electron chi connectivity index (χ4n) is 3.95. The van der Waals surface area contributed by atoms with Crippen molar-refractivity contribution in [3.63, 3.8) is 0 Å². The van der Waals surface area contributed by atoms with E-state index in [2.05, 4.69) is 5.32 Å². The van der Waals surface area contributed by atoms with Gasteiger partial charge in [0, 0.05) is 5.57 Å². The average Bonchev–Trinajstić information content (AvgIpc) is 2.84. The Morgan fingerprint density at radius 2 is 1.60 bits per heavy atom. The zero-order valence-corrected chi connectivity index (χ0v) is 20.4. The number of aldehydes is 1. The monoisotopic (exact) mass is 494 g/mol. The molecule has 0 saturated carbocycles. The lowest BCUT2D eigenvalue weighted by molar-refractivity contribution is -0.165. The zero-order valence-electron chi connectivity index (χ0n) is 19.5. The van der Waals surface area contributed by atoms with Crippen LogP contribution in [0.2, 0.25) is 0 Å². The number of nitrogens with one attached hydrogen (secondary N) is 1. The van der Waals surface area contributed by atoms with Gasteiger partial charge in [-0.3, -0.25) is 9.59 Å². The minimum Gasteiger partial charge on any atom is -0.451 e. The zero-order chi connectivity index (χ0) is 25.2. The van der Waals surface area contributed by atoms with Crippen molar-refractivity contribution in [2.45, 2.75) is 49.9 Å². The highest BCUT2D eigenvalue weighted by Crippen LogP contribution is 2.40. The Hall–Kier alpha value is -3.59. The lowest BCUT2D eigenvalue weighted by atomic mass is 9.98. The fraction of sp³-hybridized carbons (Fsp3) is 0.308. The molecule has 1 unspecified atom stereocenters. The Morgan fingerprint density at radius 1 is 1.03 bits per heavy atom. The topological polar surface area (TPSA) is 102 Å². The SMILES string of the molecule is CC(C)(C)OC(=O)N[C@@H]1C(=O)N2C(C(=O)OC(c3ccccc3)c3ccccc3)C(C=O)=CS[C@H]12. The predicted molar refractivity (Wildman–Crippen MR) is 130 cm³/mol. The summed E-state index contributed by atoms with van der Waals surface area (Å²) in [7, 11) is 0. The van der Waals surface area contributed by atoms with Crippen molar-refractivity contribution >= 4 is 36.0 Å². The first-order valence-corrected chi connectivity index (χ1v) is 12.1. The van der Waals surface area contributed by atoms with Crippen LogP contribution in [0.3, 0.4) is 0 Å². The third-order valence-electron chi connectivity index (χ3n) is 5.49. The second kappa shape index (κ2) is 9.95. The number of hydrogen-bond acceptors (Lipinski definition) is 7. The molecule has 1 fully saturated rings. The van der Waals surface area contributed by atoms with E-state index in [1.54, 1.807) is 20.8 Å². The molecular weight excluding hydrogens is 468 g/mol. The first-order chi connectivity index (χ1) is 16.7. The quantitative estimate of drug-likeness (QED) is 0.372. The molecular formula is C26H26N2O6S. The molecule has 4 rings (SSSR count). The third-order valence-corrected chi connectivity index (χ3v) is 6.67. The molecule has 9 heteroatoms. The van der Waals surface area contributed by atoms with E-state index in [1.165, 1.54) is 22.1 Å². The number of amides is 2. The number of alkyl carbamates (subject to hydrolysis) is 1. The number of hydrogen-bond donors (Lipinski definition) is 1. The number of esters is 1. The maximum absolute atomic E-state index is 13.4. The molecule has 2 aliphatic heterocycles. The molecule has 8 nitrogen and oxygen atoms in total. The van der Waals surface area contributed by atoms with Gasteiger partial charge in [-0.1, -0.05) is 60.7 Å². The third kappa shape index (κ3) is 5.24. The second-order valence-electron chi connectivity index (χ2n) is 9.17. The lowest BCUT2D eigenvalue weighted by Crippen LogP contribution is -2.74. The number of carbonyl (C=O) groups is 4. The van der Waals surface area contributed by atoms with Gasteiger partial charge in [0.25, 0.3) is 0 Å². The highest BCUT2D eigenvalue weighted by molar-refractivity contribution is 8.03. The van der Waals surface area contributed by atoms with Gasteiger partial charge in [0.15, 0.2) is 12.1 Å². The van der Waals surface area contributed by atoms with Crippen LogP contribution in [0.4, 0.5) is 4.79 Å². The number of nitrogens with zero attached hydrogens (tertiary/aromatic N) is 1. The first kappa shape index (κ1) is 24.5. The van der Waals surface area contributed by atoms with Gasteiger partial charge in [0.1, 0.15) is 23.3 Å². The summed E-state index contributed by atoms with van der Waals surface area (Å²) < 4.78 is 11.2. The molecule has 0 bridgehead atoms. The van der Waals surface area contributed by atoms with Crippen molar-refractivity contribution in [3.8, 4) is 0 Å². The minimum atomic E-state index is -1.21. The van der Waals surface area contributed by atoms with Gasteiger partial charge in [-0.15, -0.1) is 11.8 Å². The number of thioether (sulfide) groups is 1. The van der Waals surface area contributed by atoms with Crippen LogP contribution in [-0.4, -0.2) is 52.2 Å². The van der Waals surface area contributed by atoms with E-state index in [9.17, 15) is 19.2 Å². The Morgan fingerprint density at radius 3 is 2.11 bits per heavy atom. The van der Waals surface area contributed by atoms with Crippen LogP contribution in [-0.2, 0) is 23.9 Å². The minimum absolute atomic E-state index is 0.125. The fourth-order valence-corrected chi connectivity index (χ4v) is 5.13. The van der Waals surface area contributed by atoms with E-state index in [-0.39, 0.29) is 5.57 Å². The molecule has 2 aromatic carbocycles. The standard InChI is InChI=1S/C26H26N2O6S/c1-26(2,3)34-25(32)27-19-22(30)28-20(18(14-29)15-35-23(19)28)24(31)33-21(16-10-6-4-7-11-16)17-12-8-5-9-13-17/h4-15,19-21,23H,1-3H3,(H,27,32)/t19-,20?,23-/m1/s1. The van der Waals surface area contributed by atoms with Gasteiger partial charge >= 0.3 is 12.1 Å². The van der Waals surface area contributed by atoms with Crippen molar-refractivity contribution in [1.29, 1.82) is 0 Å². The Labute approximate surface area is 207 Å². The molecule has 2 heterocycles. The van der Waals surface area contributed by atoms with Crippen LogP contribution < -0.4 is 5.32 Å². The number of benzene rings is 2. The van der Waals surface area contributed by atoms with E-state index in [0.717, 1.165) is 11.1 Å². The van der Waals surface area contributed by atoms with Crippen molar-refractivity contribution in [1.82, 2.24) is 10.2 Å². The highest BCUT2D eigenvalue weighted by atomic mass is 32.2. The summed E-state index contributed by atoms with van der Waals surface area (Å²) in [5, 5.41) is 3.54. The molecule has 0 aromatic heterocycles. The van der Waals surface area contributed by atoms with Crippen molar-refractivity contribution in [2.75, 3.05) is 0 Å². The van der Waals surface area contributed by atoms with Gasteiger partial charge in [0.2, 0.25) is 5.91 Å². The van der Waals surface area contributed by atoms with Crippen LogP contribution in [0.25, 0.3) is 0 Å². The van der Waals surface area contributed by atoms with Crippen LogP contribution in [0.15, 0.2) is 71.6 Å². The maximum atomic E-state index is 13.4. The van der Waals surface area contributed by atoms with Gasteiger partial charge in [-0.25, -0.2) is 9.59 Å². The predicted octanol–water partition coefficient (Wildman–Crippen LogP) is 3.58. The molecule has 3 atom stereocenters. The molecule has 2 aliphatic rings. The maximum Gasteiger partial charge on any atom is 0.408 e. The highest BCUT2D eigenvalue weighted by Gasteiger charge is 2.56. The number of rotatable bonds is 6. The summed E-state index contributed by atoms with van der Waals surface area (Å²) in [5.41, 5.74) is 0.909. The van der Waals surface area contributed by atoms with Gasteiger partial charge in [0.05, 0.1) is 0 Å². The van der Waals surface area contributed by atoms with E-state index in [4.69, 9.17) is 9.47 Å². The summed E-state index contributed by atoms with van der Waals surface area (Å²) >= 11 is 1.18. The van der Waals surface area contributed by atoms with Gasteiger partial charge in [-0.2, -0.15) is 0 Å². The molecule has 2 aromatic rings. The number of fused-ring (bicyclic) bond motifs is 1. The van der Waals surface area contributed by atoms with E-state index in [0.29, 0.717) is 6.29 Å². The van der Waals surface area contributed by atoms with Gasteiger partial charge < -0.3 is 19.7 Å². The number of carbonyl (C=O) groups excluding carboxylic acids is 4. The number of ether oxygens (including phenoxy) is 2. The Kier molecular flexibility index (Phi) is 6.98. The summed E-state index contributed by atoms with van der Waals surface area (Å²) in [6, 6.07) is 16.4. The normalized spacial score (nSPS) is 21.4. The van der Waals surface area contributed by atoms with E-state index in [1.807, 2.05) is 60.7 Å². The summed E-state index contributed by atoms with van der Waals surface area (Å²) in [5.74, 6) is -1.21. The molecule has 1 saturated heterocycles. The van der Waals surface area contributed by atoms with Crippen LogP contribution >= 0.6 is 11.8 Å². The molecule has 0 aliphatic carbocycles. The molecule has 1 N–H and O–H groups in total. The van der Waals surface area contributed by atoms with Crippen molar-refractivity contribution < 1.29 is 28.7 Å². The van der Waals surface area contributed by atoms with E-state index < -0.39 is 47.1 Å². The Balaban J connectivity index is 1.56. The molecule has 2 amide bonds. The first-order valence-electron chi connectivity index (χ1n) is 11.1. The van der Waals surface area contributed by atoms with Crippen LogP contribution in [0.1, 0.15) is 38.0 Å². The summed E-state index contributed by atoms with van der Waals surface area (Å²) in [4.78, 5) is 51.7. The van der Waals surface area contributed by atoms with Crippen LogP contribution in [0.5, 0.6) is 0 Å². The van der Waals surface area contributed by atoms with E-state index >= 15 is 0 Å². The van der Waals surface area contributed by atoms with Gasteiger partial charge in [-0.05, 0) is 37.3 Å². The largest absolute Gasteiger partial charge is 0.451 e. The van der Waals surface area contributed by atoms with Crippen molar-refractivity contribution in [3.05, 3.63) is 82.8 Å². The molecule has 0 spiro atoms. The van der Waals surface area contributed by atoms with Crippen LogP contribution in [0, 0.1) is 0 Å². The Bertz CT molecular complexity index is 1110. The second-order valence-corrected chi connectivity index (χ2v) is 10.2. The lowest BCUT2D eigenvalue weighted by Gasteiger charge is -2.51. The van der Waals surface area contributed by atoms with Crippen molar-refractivity contribution in [2.24, 2.45) is 0 Å². The smallest absolute Gasteiger partial charge is 0.408 e. The molecule has 182 valence electrons. The molecule has 35 heavy (non-hydrogen) atoms. The average molecular weight is 495 g/mol. The number of β-lactam (4-membered cyclic amide) rings is 1. The summed E-state index contributed by atoms with van der Waals surface area (Å²) in [6.07, 6.45) is -0.900. The molecule has 0 radical (unpaired) electrons. The summed E-state index contributed by atoms with van der Waals surface area (Å²) in [6.45, 7) is 5.16.